The van der Waals surface area contributed by atoms with E-state index in [1.807, 2.05) is 19.9 Å². The zero-order valence-electron chi connectivity index (χ0n) is 14.8. The lowest BCUT2D eigenvalue weighted by molar-refractivity contribution is -0.125. The third-order valence-electron chi connectivity index (χ3n) is 4.51. The van der Waals surface area contributed by atoms with Gasteiger partial charge >= 0.3 is 0 Å². The van der Waals surface area contributed by atoms with Gasteiger partial charge in [0.15, 0.2) is 11.5 Å². The molecule has 24 heavy (non-hydrogen) atoms. The highest BCUT2D eigenvalue weighted by Crippen LogP contribution is 2.33. The molecule has 1 atom stereocenters. The third kappa shape index (κ3) is 3.80. The zero-order valence-corrected chi connectivity index (χ0v) is 14.8. The van der Waals surface area contributed by atoms with Crippen LogP contribution in [0.3, 0.4) is 0 Å². The van der Waals surface area contributed by atoms with Crippen molar-refractivity contribution in [1.29, 1.82) is 0 Å². The first kappa shape index (κ1) is 18.1. The number of carbonyl (C=O) groups is 2. The number of carbonyl (C=O) groups excluding carboxylic acids is 2. The lowest BCUT2D eigenvalue weighted by atomic mass is 10.0. The van der Waals surface area contributed by atoms with Gasteiger partial charge in [0.1, 0.15) is 0 Å². The Morgan fingerprint density at radius 3 is 2.50 bits per heavy atom. The fourth-order valence-corrected chi connectivity index (χ4v) is 3.03. The van der Waals surface area contributed by atoms with Crippen LogP contribution in [0.4, 0.5) is 5.69 Å². The lowest BCUT2D eigenvalue weighted by Gasteiger charge is -2.20. The summed E-state index contributed by atoms with van der Waals surface area (Å²) in [4.78, 5) is 26.2. The van der Waals surface area contributed by atoms with E-state index in [-0.39, 0.29) is 23.8 Å². The van der Waals surface area contributed by atoms with E-state index in [0.717, 1.165) is 18.5 Å². The first-order valence-electron chi connectivity index (χ1n) is 8.36. The van der Waals surface area contributed by atoms with Crippen molar-refractivity contribution in [3.05, 3.63) is 18.2 Å². The maximum atomic E-state index is 12.3. The molecule has 6 heteroatoms. The molecule has 1 aliphatic rings. The van der Waals surface area contributed by atoms with E-state index < -0.39 is 0 Å². The summed E-state index contributed by atoms with van der Waals surface area (Å²) in [6.45, 7) is 4.48. The van der Waals surface area contributed by atoms with Gasteiger partial charge in [-0.15, -0.1) is 0 Å². The molecule has 0 aliphatic carbocycles. The third-order valence-corrected chi connectivity index (χ3v) is 4.51. The number of amides is 2. The molecule has 1 heterocycles. The highest BCUT2D eigenvalue weighted by molar-refractivity contribution is 5.97. The Kier molecular flexibility index (Phi) is 6.06. The van der Waals surface area contributed by atoms with Crippen LogP contribution in [0.1, 0.15) is 33.1 Å². The predicted molar refractivity (Wildman–Crippen MR) is 92.5 cm³/mol. The summed E-state index contributed by atoms with van der Waals surface area (Å²) in [6, 6.07) is 5.22. The van der Waals surface area contributed by atoms with Crippen LogP contribution >= 0.6 is 0 Å². The maximum absolute atomic E-state index is 12.3. The van der Waals surface area contributed by atoms with Crippen LogP contribution in [-0.4, -0.2) is 38.6 Å². The Balaban J connectivity index is 2.08. The van der Waals surface area contributed by atoms with Crippen molar-refractivity contribution in [3.63, 3.8) is 0 Å². The van der Waals surface area contributed by atoms with Crippen LogP contribution in [0.5, 0.6) is 11.5 Å². The number of methoxy groups -OCH3 is 2. The molecule has 1 saturated heterocycles. The van der Waals surface area contributed by atoms with Gasteiger partial charge in [0.05, 0.1) is 20.3 Å². The average molecular weight is 334 g/mol. The molecule has 1 unspecified atom stereocenters. The van der Waals surface area contributed by atoms with Crippen LogP contribution in [-0.2, 0) is 9.59 Å². The minimum Gasteiger partial charge on any atom is -0.493 e. The monoisotopic (exact) mass is 334 g/mol. The summed E-state index contributed by atoms with van der Waals surface area (Å²) >= 11 is 0. The van der Waals surface area contributed by atoms with Gasteiger partial charge in [-0.1, -0.05) is 13.8 Å². The summed E-state index contributed by atoms with van der Waals surface area (Å²) in [5.41, 5.74) is 0.747. The van der Waals surface area contributed by atoms with Crippen LogP contribution < -0.4 is 19.7 Å². The summed E-state index contributed by atoms with van der Waals surface area (Å²) in [5, 5.41) is 3.00. The molecule has 2 amide bonds. The van der Waals surface area contributed by atoms with Gasteiger partial charge in [-0.05, 0) is 25.0 Å². The van der Waals surface area contributed by atoms with E-state index in [4.69, 9.17) is 9.47 Å². The number of anilines is 1. The standard InChI is InChI=1S/C18H26N2O4/c1-5-12(6-2)18(22)19-13-9-17(21)20(11-13)14-7-8-15(23-3)16(10-14)24-4/h7-8,10,12-13H,5-6,9,11H2,1-4H3,(H,19,22). The second kappa shape index (κ2) is 8.04. The SMILES string of the molecule is CCC(CC)C(=O)NC1CC(=O)N(c2ccc(OC)c(OC)c2)C1. The highest BCUT2D eigenvalue weighted by atomic mass is 16.5. The number of rotatable bonds is 7. The van der Waals surface area contributed by atoms with Crippen LogP contribution in [0, 0.1) is 5.92 Å². The van der Waals surface area contributed by atoms with Crippen LogP contribution in [0.25, 0.3) is 0 Å². The van der Waals surface area contributed by atoms with Crippen molar-refractivity contribution in [2.45, 2.75) is 39.2 Å². The van der Waals surface area contributed by atoms with Crippen molar-refractivity contribution < 1.29 is 19.1 Å². The van der Waals surface area contributed by atoms with Gasteiger partial charge in [0.25, 0.3) is 0 Å². The molecular weight excluding hydrogens is 308 g/mol. The molecule has 0 spiro atoms. The summed E-state index contributed by atoms with van der Waals surface area (Å²) < 4.78 is 10.5. The van der Waals surface area contributed by atoms with Crippen molar-refractivity contribution >= 4 is 17.5 Å². The fourth-order valence-electron chi connectivity index (χ4n) is 3.03. The number of hydrogen-bond donors (Lipinski definition) is 1. The van der Waals surface area contributed by atoms with E-state index in [1.165, 1.54) is 0 Å². The number of hydrogen-bond acceptors (Lipinski definition) is 4. The molecule has 1 N–H and O–H groups in total. The molecule has 132 valence electrons. The molecule has 2 rings (SSSR count). The molecule has 1 aromatic carbocycles. The fraction of sp³-hybridized carbons (Fsp3) is 0.556. The smallest absolute Gasteiger partial charge is 0.229 e. The normalized spacial score (nSPS) is 17.3. The highest BCUT2D eigenvalue weighted by Gasteiger charge is 2.32. The first-order valence-corrected chi connectivity index (χ1v) is 8.36. The van der Waals surface area contributed by atoms with E-state index in [1.54, 1.807) is 31.3 Å². The van der Waals surface area contributed by atoms with E-state index in [9.17, 15) is 9.59 Å². The number of benzene rings is 1. The quantitative estimate of drug-likeness (QED) is 0.831. The molecule has 1 aromatic rings. The van der Waals surface area contributed by atoms with E-state index >= 15 is 0 Å². The molecule has 1 fully saturated rings. The van der Waals surface area contributed by atoms with Gasteiger partial charge in [-0.2, -0.15) is 0 Å². The minimum atomic E-state index is -0.154. The topological polar surface area (TPSA) is 67.9 Å². The number of ether oxygens (including phenoxy) is 2. The minimum absolute atomic E-state index is 0.00272. The van der Waals surface area contributed by atoms with Gasteiger partial charge in [-0.25, -0.2) is 0 Å². The number of nitrogens with one attached hydrogen (secondary N) is 1. The van der Waals surface area contributed by atoms with Gasteiger partial charge in [-0.3, -0.25) is 9.59 Å². The Labute approximate surface area is 143 Å². The summed E-state index contributed by atoms with van der Waals surface area (Å²) in [7, 11) is 3.13. The Bertz CT molecular complexity index is 599. The van der Waals surface area contributed by atoms with E-state index in [0.29, 0.717) is 24.5 Å². The lowest BCUT2D eigenvalue weighted by Crippen LogP contribution is -2.40. The second-order valence-corrected chi connectivity index (χ2v) is 5.97. The average Bonchev–Trinajstić information content (AvgIpc) is 2.95. The molecule has 0 aromatic heterocycles. The molecular formula is C18H26N2O4. The maximum Gasteiger partial charge on any atom is 0.229 e. The zero-order chi connectivity index (χ0) is 17.7. The van der Waals surface area contributed by atoms with E-state index in [2.05, 4.69) is 5.32 Å². The second-order valence-electron chi connectivity index (χ2n) is 5.97. The largest absolute Gasteiger partial charge is 0.493 e. The van der Waals surface area contributed by atoms with Crippen molar-refractivity contribution in [2.75, 3.05) is 25.7 Å². The summed E-state index contributed by atoms with van der Waals surface area (Å²) in [6.07, 6.45) is 1.94. The van der Waals surface area contributed by atoms with Crippen LogP contribution in [0.2, 0.25) is 0 Å². The Morgan fingerprint density at radius 2 is 1.92 bits per heavy atom. The molecule has 1 aliphatic heterocycles. The van der Waals surface area contributed by atoms with Crippen molar-refractivity contribution in [2.24, 2.45) is 5.92 Å². The van der Waals surface area contributed by atoms with Gasteiger partial charge < -0.3 is 19.7 Å². The summed E-state index contributed by atoms with van der Waals surface area (Å²) in [5.74, 6) is 1.23. The molecule has 0 saturated carbocycles. The van der Waals surface area contributed by atoms with Gasteiger partial charge in [0, 0.05) is 30.6 Å². The Morgan fingerprint density at radius 1 is 1.25 bits per heavy atom. The molecule has 0 bridgehead atoms. The Hall–Kier alpha value is -2.24. The van der Waals surface area contributed by atoms with Crippen LogP contribution in [0.15, 0.2) is 18.2 Å². The molecule has 0 radical (unpaired) electrons. The number of nitrogens with zero attached hydrogens (tertiary/aromatic N) is 1. The van der Waals surface area contributed by atoms with Crippen molar-refractivity contribution in [3.8, 4) is 11.5 Å². The predicted octanol–water partition coefficient (Wildman–Crippen LogP) is 2.36. The van der Waals surface area contributed by atoms with Gasteiger partial charge in [0.2, 0.25) is 11.8 Å². The molecule has 6 nitrogen and oxygen atoms in total. The van der Waals surface area contributed by atoms with Crippen molar-refractivity contribution in [1.82, 2.24) is 5.32 Å². The first-order chi connectivity index (χ1) is 11.5.